The van der Waals surface area contributed by atoms with Gasteiger partial charge in [0, 0.05) is 11.8 Å². The maximum atomic E-state index is 12.8. The number of hydrogen-bond acceptors (Lipinski definition) is 4. The largest absolute Gasteiger partial charge is 0.416 e. The van der Waals surface area contributed by atoms with E-state index in [0.29, 0.717) is 28.1 Å². The highest BCUT2D eigenvalue weighted by atomic mass is 32.2. The fourth-order valence-electron chi connectivity index (χ4n) is 2.09. The van der Waals surface area contributed by atoms with Gasteiger partial charge in [-0.25, -0.2) is 4.98 Å². The second kappa shape index (κ2) is 7.04. The summed E-state index contributed by atoms with van der Waals surface area (Å²) >= 11 is 1.29. The first-order valence-corrected chi connectivity index (χ1v) is 7.91. The van der Waals surface area contributed by atoms with Gasteiger partial charge in [0.1, 0.15) is 10.4 Å². The van der Waals surface area contributed by atoms with E-state index < -0.39 is 17.1 Å². The average molecular weight is 340 g/mol. The molecule has 3 rings (SSSR count). The number of aromatic nitrogens is 1. The van der Waals surface area contributed by atoms with E-state index in [1.807, 2.05) is 13.8 Å². The highest BCUT2D eigenvalue weighted by Gasteiger charge is 2.32. The number of rotatable bonds is 2. The monoisotopic (exact) mass is 340 g/mol. The van der Waals surface area contributed by atoms with Crippen LogP contribution in [0.3, 0.4) is 0 Å². The van der Waals surface area contributed by atoms with E-state index in [-0.39, 0.29) is 0 Å². The summed E-state index contributed by atoms with van der Waals surface area (Å²) in [7, 11) is 0. The van der Waals surface area contributed by atoms with E-state index in [0.717, 1.165) is 12.1 Å². The number of thioether (sulfide) groups is 1. The molecule has 0 saturated carbocycles. The molecular formula is C16H15F3N2OS. The minimum Gasteiger partial charge on any atom is -0.366 e. The number of alkyl halides is 3. The summed E-state index contributed by atoms with van der Waals surface area (Å²) in [6.07, 6.45) is -2.17. The van der Waals surface area contributed by atoms with Gasteiger partial charge in [0.15, 0.2) is 6.29 Å². The number of nitrogens with zero attached hydrogens (tertiary/aromatic N) is 1. The number of nitrogens with one attached hydrogen (secondary N) is 1. The second-order valence-electron chi connectivity index (χ2n) is 4.46. The molecule has 1 aromatic heterocycles. The van der Waals surface area contributed by atoms with E-state index in [4.69, 9.17) is 0 Å². The Morgan fingerprint density at radius 1 is 1.26 bits per heavy atom. The van der Waals surface area contributed by atoms with Crippen LogP contribution in [0.4, 0.5) is 18.9 Å². The van der Waals surface area contributed by atoms with E-state index in [1.165, 1.54) is 24.0 Å². The van der Waals surface area contributed by atoms with Crippen molar-refractivity contribution < 1.29 is 18.0 Å². The molecule has 1 atom stereocenters. The van der Waals surface area contributed by atoms with Gasteiger partial charge < -0.3 is 5.32 Å². The van der Waals surface area contributed by atoms with Crippen molar-refractivity contribution in [1.82, 2.24) is 4.98 Å². The second-order valence-corrected chi connectivity index (χ2v) is 5.56. The van der Waals surface area contributed by atoms with Gasteiger partial charge in [-0.05, 0) is 23.8 Å². The molecule has 2 heterocycles. The van der Waals surface area contributed by atoms with E-state index in [1.54, 1.807) is 12.1 Å². The van der Waals surface area contributed by atoms with Crippen LogP contribution in [0.2, 0.25) is 0 Å². The van der Waals surface area contributed by atoms with Crippen molar-refractivity contribution in [2.45, 2.75) is 30.4 Å². The van der Waals surface area contributed by atoms with Crippen molar-refractivity contribution >= 4 is 23.7 Å². The Kier molecular flexibility index (Phi) is 5.30. The predicted octanol–water partition coefficient (Wildman–Crippen LogP) is 5.16. The van der Waals surface area contributed by atoms with Gasteiger partial charge in [-0.1, -0.05) is 37.7 Å². The molecular weight excluding hydrogens is 325 g/mol. The first-order valence-electron chi connectivity index (χ1n) is 7.03. The molecule has 2 aromatic rings. The summed E-state index contributed by atoms with van der Waals surface area (Å²) in [5.41, 5.74) is 0.813. The van der Waals surface area contributed by atoms with Crippen LogP contribution in [0.15, 0.2) is 41.6 Å². The number of halogens is 3. The molecule has 0 bridgehead atoms. The Bertz CT molecular complexity index is 704. The summed E-state index contributed by atoms with van der Waals surface area (Å²) in [6, 6.07) is 6.69. The molecule has 1 aromatic carbocycles. The van der Waals surface area contributed by atoms with Crippen molar-refractivity contribution in [2.75, 3.05) is 5.32 Å². The van der Waals surface area contributed by atoms with Crippen LogP contribution in [0.5, 0.6) is 0 Å². The molecule has 0 spiro atoms. The fourth-order valence-corrected chi connectivity index (χ4v) is 3.19. The van der Waals surface area contributed by atoms with Gasteiger partial charge in [0.2, 0.25) is 0 Å². The van der Waals surface area contributed by atoms with Crippen LogP contribution in [-0.2, 0) is 6.18 Å². The van der Waals surface area contributed by atoms with Gasteiger partial charge in [-0.2, -0.15) is 13.2 Å². The lowest BCUT2D eigenvalue weighted by Gasteiger charge is -2.13. The Labute approximate surface area is 136 Å². The fraction of sp³-hybridized carbons (Fsp3) is 0.250. The summed E-state index contributed by atoms with van der Waals surface area (Å²) in [5.74, 6) is 0. The Morgan fingerprint density at radius 3 is 2.65 bits per heavy atom. The number of carbonyl (C=O) groups is 1. The maximum Gasteiger partial charge on any atom is 0.416 e. The van der Waals surface area contributed by atoms with Crippen LogP contribution in [0.1, 0.15) is 40.7 Å². The molecule has 3 nitrogen and oxygen atoms in total. The summed E-state index contributed by atoms with van der Waals surface area (Å²) in [4.78, 5) is 15.1. The van der Waals surface area contributed by atoms with Crippen molar-refractivity contribution in [3.63, 3.8) is 0 Å². The minimum absolute atomic E-state index is 0.393. The van der Waals surface area contributed by atoms with Gasteiger partial charge in [0.05, 0.1) is 11.3 Å². The maximum absolute atomic E-state index is 12.8. The molecule has 7 heteroatoms. The van der Waals surface area contributed by atoms with Crippen LogP contribution >= 0.6 is 11.8 Å². The Balaban J connectivity index is 0.000000924. The normalized spacial score (nSPS) is 16.0. The lowest BCUT2D eigenvalue weighted by Crippen LogP contribution is -2.08. The zero-order valence-electron chi connectivity index (χ0n) is 12.5. The van der Waals surface area contributed by atoms with E-state index in [2.05, 4.69) is 10.3 Å². The molecule has 122 valence electrons. The molecule has 0 fully saturated rings. The third-order valence-corrected chi connectivity index (χ3v) is 4.26. The van der Waals surface area contributed by atoms with Crippen LogP contribution < -0.4 is 5.32 Å². The number of pyridine rings is 1. The highest BCUT2D eigenvalue weighted by molar-refractivity contribution is 8.00. The van der Waals surface area contributed by atoms with Crippen molar-refractivity contribution in [2.24, 2.45) is 0 Å². The summed E-state index contributed by atoms with van der Waals surface area (Å²) in [5, 5.41) is 3.27. The average Bonchev–Trinajstić information content (AvgIpc) is 3.00. The lowest BCUT2D eigenvalue weighted by atomic mass is 10.1. The molecule has 23 heavy (non-hydrogen) atoms. The zero-order valence-corrected chi connectivity index (χ0v) is 13.3. The molecule has 0 amide bonds. The quantitative estimate of drug-likeness (QED) is 0.767. The summed E-state index contributed by atoms with van der Waals surface area (Å²) in [6.45, 7) is 4.00. The lowest BCUT2D eigenvalue weighted by molar-refractivity contribution is -0.137. The minimum atomic E-state index is -4.38. The zero-order chi connectivity index (χ0) is 17.0. The van der Waals surface area contributed by atoms with E-state index >= 15 is 0 Å². The van der Waals surface area contributed by atoms with Gasteiger partial charge in [-0.3, -0.25) is 4.79 Å². The van der Waals surface area contributed by atoms with Crippen molar-refractivity contribution in [1.29, 1.82) is 0 Å². The van der Waals surface area contributed by atoms with Crippen molar-refractivity contribution in [3.8, 4) is 0 Å². The van der Waals surface area contributed by atoms with Crippen molar-refractivity contribution in [3.05, 3.63) is 53.2 Å². The number of hydrogen-bond donors (Lipinski definition) is 1. The molecule has 1 aliphatic rings. The molecule has 1 unspecified atom stereocenters. The van der Waals surface area contributed by atoms with Crippen LogP contribution in [0.25, 0.3) is 0 Å². The molecule has 0 radical (unpaired) electrons. The molecule has 1 N–H and O–H groups in total. The topological polar surface area (TPSA) is 42.0 Å². The number of fused-ring (bicyclic) bond motifs is 1. The SMILES string of the molecule is CC.O=Cc1ccnc2c1NC(c1cccc(C(F)(F)F)c1)S2. The third kappa shape index (κ3) is 3.67. The first-order chi connectivity index (χ1) is 11.0. The molecule has 0 saturated heterocycles. The van der Waals surface area contributed by atoms with Gasteiger partial charge in [-0.15, -0.1) is 0 Å². The third-order valence-electron chi connectivity index (χ3n) is 3.10. The number of carbonyl (C=O) groups excluding carboxylic acids is 1. The highest BCUT2D eigenvalue weighted by Crippen LogP contribution is 2.46. The van der Waals surface area contributed by atoms with Gasteiger partial charge >= 0.3 is 6.18 Å². The Hall–Kier alpha value is -2.02. The number of benzene rings is 1. The smallest absolute Gasteiger partial charge is 0.366 e. The van der Waals surface area contributed by atoms with Crippen LogP contribution in [0, 0.1) is 0 Å². The Morgan fingerprint density at radius 2 is 2.00 bits per heavy atom. The molecule has 0 aliphatic carbocycles. The van der Waals surface area contributed by atoms with Gasteiger partial charge in [0.25, 0.3) is 0 Å². The number of anilines is 1. The van der Waals surface area contributed by atoms with E-state index in [9.17, 15) is 18.0 Å². The first kappa shape index (κ1) is 17.3. The standard InChI is InChI=1S/C14H9F3N2OS.C2H6/c15-14(16,17)10-3-1-2-8(6-10)12-19-11-9(7-20)4-5-18-13(11)21-12;1-2/h1-7,12,19H;1-2H3. The summed E-state index contributed by atoms with van der Waals surface area (Å²) < 4.78 is 38.3. The number of aldehydes is 1. The van der Waals surface area contributed by atoms with Crippen LogP contribution in [-0.4, -0.2) is 11.3 Å². The molecule has 1 aliphatic heterocycles. The predicted molar refractivity (Wildman–Crippen MR) is 84.6 cm³/mol.